The molecule has 1 atom stereocenters. The summed E-state index contributed by atoms with van der Waals surface area (Å²) in [6.45, 7) is 2.20. The second-order valence-corrected chi connectivity index (χ2v) is 4.08. The smallest absolute Gasteiger partial charge is 0.325 e. The zero-order valence-electron chi connectivity index (χ0n) is 8.91. The predicted octanol–water partition coefficient (Wildman–Crippen LogP) is 0.836. The van der Waals surface area contributed by atoms with Gasteiger partial charge in [0.05, 0.1) is 13.2 Å². The predicted molar refractivity (Wildman–Crippen MR) is 52.8 cm³/mol. The van der Waals surface area contributed by atoms with E-state index in [-0.39, 0.29) is 5.97 Å². The first-order valence-corrected chi connectivity index (χ1v) is 5.05. The molecule has 1 fully saturated rings. The van der Waals surface area contributed by atoms with Crippen molar-refractivity contribution in [2.75, 3.05) is 13.7 Å². The van der Waals surface area contributed by atoms with Gasteiger partial charge in [-0.1, -0.05) is 0 Å². The molecule has 0 radical (unpaired) electrons. The minimum Gasteiger partial charge on any atom is -0.468 e. The fraction of sp³-hybridized carbons (Fsp3) is 0.900. The monoisotopic (exact) mass is 201 g/mol. The number of hydrogen-bond acceptors (Lipinski definition) is 4. The Morgan fingerprint density at radius 2 is 2.21 bits per heavy atom. The van der Waals surface area contributed by atoms with Crippen LogP contribution in [0.3, 0.4) is 0 Å². The Bertz CT molecular complexity index is 200. The minimum atomic E-state index is -0.918. The molecule has 2 N–H and O–H groups in total. The van der Waals surface area contributed by atoms with Crippen molar-refractivity contribution in [2.45, 2.75) is 44.2 Å². The normalized spacial score (nSPS) is 21.1. The van der Waals surface area contributed by atoms with E-state index in [1.165, 1.54) is 13.5 Å². The molecule has 1 aliphatic rings. The van der Waals surface area contributed by atoms with Crippen LogP contribution in [0.15, 0.2) is 0 Å². The van der Waals surface area contributed by atoms with Gasteiger partial charge in [-0.15, -0.1) is 0 Å². The lowest BCUT2D eigenvalue weighted by molar-refractivity contribution is -0.147. The van der Waals surface area contributed by atoms with Gasteiger partial charge >= 0.3 is 5.97 Å². The van der Waals surface area contributed by atoms with Crippen molar-refractivity contribution >= 4 is 5.97 Å². The van der Waals surface area contributed by atoms with Crippen LogP contribution >= 0.6 is 0 Å². The van der Waals surface area contributed by atoms with E-state index in [0.717, 1.165) is 12.8 Å². The molecule has 0 aromatic carbocycles. The van der Waals surface area contributed by atoms with Gasteiger partial charge in [-0.2, -0.15) is 0 Å². The van der Waals surface area contributed by atoms with Gasteiger partial charge in [0.25, 0.3) is 0 Å². The van der Waals surface area contributed by atoms with Gasteiger partial charge in [0.1, 0.15) is 5.54 Å². The van der Waals surface area contributed by atoms with Gasteiger partial charge in [0, 0.05) is 6.61 Å². The highest BCUT2D eigenvalue weighted by molar-refractivity contribution is 5.79. The number of nitrogens with two attached hydrogens (primary N) is 1. The van der Waals surface area contributed by atoms with Crippen LogP contribution in [0, 0.1) is 0 Å². The molecule has 82 valence electrons. The summed E-state index contributed by atoms with van der Waals surface area (Å²) in [5.74, 6) is -0.380. The summed E-state index contributed by atoms with van der Waals surface area (Å²) >= 11 is 0. The third-order valence-corrected chi connectivity index (χ3v) is 2.68. The lowest BCUT2D eigenvalue weighted by Gasteiger charge is -2.27. The van der Waals surface area contributed by atoms with Crippen LogP contribution in [-0.2, 0) is 14.3 Å². The van der Waals surface area contributed by atoms with E-state index in [4.69, 9.17) is 10.5 Å². The first-order chi connectivity index (χ1) is 6.56. The Morgan fingerprint density at radius 3 is 2.64 bits per heavy atom. The Hall–Kier alpha value is -0.610. The topological polar surface area (TPSA) is 61.5 Å². The van der Waals surface area contributed by atoms with Crippen LogP contribution in [0.4, 0.5) is 0 Å². The largest absolute Gasteiger partial charge is 0.468 e. The molecule has 1 saturated carbocycles. The van der Waals surface area contributed by atoms with Crippen molar-refractivity contribution in [3.8, 4) is 0 Å². The summed E-state index contributed by atoms with van der Waals surface area (Å²) in [4.78, 5) is 11.2. The molecule has 0 spiro atoms. The molecule has 4 nitrogen and oxygen atoms in total. The first kappa shape index (κ1) is 11.5. The van der Waals surface area contributed by atoms with Gasteiger partial charge < -0.3 is 15.2 Å². The van der Waals surface area contributed by atoms with Crippen molar-refractivity contribution in [1.82, 2.24) is 0 Å². The third-order valence-electron chi connectivity index (χ3n) is 2.68. The van der Waals surface area contributed by atoms with Crippen LogP contribution in [0.5, 0.6) is 0 Å². The molecule has 0 saturated heterocycles. The quantitative estimate of drug-likeness (QED) is 0.669. The molecule has 0 aromatic heterocycles. The molecule has 0 amide bonds. The number of methoxy groups -OCH3 is 1. The van der Waals surface area contributed by atoms with E-state index in [0.29, 0.717) is 19.1 Å². The van der Waals surface area contributed by atoms with E-state index < -0.39 is 5.54 Å². The van der Waals surface area contributed by atoms with Gasteiger partial charge in [0.15, 0.2) is 0 Å². The third kappa shape index (κ3) is 2.96. The number of hydrogen-bond donors (Lipinski definition) is 1. The van der Waals surface area contributed by atoms with Crippen LogP contribution in [0.25, 0.3) is 0 Å². The van der Waals surface area contributed by atoms with Crippen molar-refractivity contribution in [3.05, 3.63) is 0 Å². The lowest BCUT2D eigenvalue weighted by atomic mass is 9.95. The molecule has 0 aliphatic heterocycles. The van der Waals surface area contributed by atoms with Gasteiger partial charge in [-0.05, 0) is 32.6 Å². The number of ether oxygens (including phenoxy) is 2. The number of esters is 1. The van der Waals surface area contributed by atoms with Crippen molar-refractivity contribution in [2.24, 2.45) is 5.73 Å². The van der Waals surface area contributed by atoms with E-state index in [1.807, 2.05) is 0 Å². The van der Waals surface area contributed by atoms with Crippen LogP contribution in [-0.4, -0.2) is 31.3 Å². The maximum Gasteiger partial charge on any atom is 0.325 e. The summed E-state index contributed by atoms with van der Waals surface area (Å²) in [7, 11) is 1.35. The minimum absolute atomic E-state index is 0.380. The lowest BCUT2D eigenvalue weighted by Crippen LogP contribution is -2.46. The number of rotatable bonds is 5. The summed E-state index contributed by atoms with van der Waals surface area (Å²) in [5, 5.41) is 0. The molecule has 14 heavy (non-hydrogen) atoms. The molecule has 4 heteroatoms. The average molecular weight is 201 g/mol. The highest BCUT2D eigenvalue weighted by Gasteiger charge is 2.29. The van der Waals surface area contributed by atoms with Crippen molar-refractivity contribution in [1.29, 1.82) is 0 Å². The molecule has 0 heterocycles. The average Bonchev–Trinajstić information content (AvgIpc) is 2.08. The zero-order chi connectivity index (χ0) is 10.6. The number of carbonyl (C=O) groups is 1. The van der Waals surface area contributed by atoms with Crippen molar-refractivity contribution < 1.29 is 14.3 Å². The van der Waals surface area contributed by atoms with E-state index >= 15 is 0 Å². The fourth-order valence-corrected chi connectivity index (χ4v) is 1.31. The van der Waals surface area contributed by atoms with Crippen LogP contribution in [0.1, 0.15) is 32.6 Å². The molecule has 0 aromatic rings. The van der Waals surface area contributed by atoms with Gasteiger partial charge in [0.2, 0.25) is 0 Å². The Kier molecular flexibility index (Phi) is 3.89. The van der Waals surface area contributed by atoms with Gasteiger partial charge in [-0.3, -0.25) is 4.79 Å². The van der Waals surface area contributed by atoms with Crippen LogP contribution in [0.2, 0.25) is 0 Å². The Balaban J connectivity index is 2.17. The standard InChI is InChI=1S/C10H19NO3/c1-10(11,9(12)13-2)6-7-14-8-4-3-5-8/h8H,3-7,11H2,1-2H3. The summed E-state index contributed by atoms with van der Waals surface area (Å²) in [5.41, 5.74) is 4.84. The van der Waals surface area contributed by atoms with Crippen molar-refractivity contribution in [3.63, 3.8) is 0 Å². The Labute approximate surface area is 84.7 Å². The molecule has 1 aliphatic carbocycles. The van der Waals surface area contributed by atoms with Crippen LogP contribution < -0.4 is 5.73 Å². The zero-order valence-corrected chi connectivity index (χ0v) is 8.91. The highest BCUT2D eigenvalue weighted by Crippen LogP contribution is 2.22. The molecule has 1 unspecified atom stereocenters. The molecular weight excluding hydrogens is 182 g/mol. The fourth-order valence-electron chi connectivity index (χ4n) is 1.31. The summed E-state index contributed by atoms with van der Waals surface area (Å²) in [6, 6.07) is 0. The summed E-state index contributed by atoms with van der Waals surface area (Å²) in [6.07, 6.45) is 4.43. The van der Waals surface area contributed by atoms with Gasteiger partial charge in [-0.25, -0.2) is 0 Å². The maximum absolute atomic E-state index is 11.2. The number of carbonyl (C=O) groups excluding carboxylic acids is 1. The van der Waals surface area contributed by atoms with E-state index in [9.17, 15) is 4.79 Å². The Morgan fingerprint density at radius 1 is 1.57 bits per heavy atom. The van der Waals surface area contributed by atoms with E-state index in [2.05, 4.69) is 4.74 Å². The molecular formula is C10H19NO3. The molecule has 1 rings (SSSR count). The molecule has 0 bridgehead atoms. The first-order valence-electron chi connectivity index (χ1n) is 5.05. The maximum atomic E-state index is 11.2. The highest BCUT2D eigenvalue weighted by atomic mass is 16.5. The SMILES string of the molecule is COC(=O)C(C)(N)CCOC1CCC1. The second-order valence-electron chi connectivity index (χ2n) is 4.08. The van der Waals surface area contributed by atoms with E-state index in [1.54, 1.807) is 6.92 Å². The summed E-state index contributed by atoms with van der Waals surface area (Å²) < 4.78 is 10.1. The second kappa shape index (κ2) is 4.75.